The summed E-state index contributed by atoms with van der Waals surface area (Å²) in [5, 5.41) is 2.78. The topological polar surface area (TPSA) is 83.1 Å². The van der Waals surface area contributed by atoms with Gasteiger partial charge in [0.05, 0.1) is 12.8 Å². The van der Waals surface area contributed by atoms with Crippen LogP contribution in [-0.4, -0.2) is 32.2 Å². The Labute approximate surface area is 162 Å². The Morgan fingerprint density at radius 2 is 1.89 bits per heavy atom. The third kappa shape index (κ3) is 4.62. The third-order valence-corrected chi connectivity index (χ3v) is 4.03. The van der Waals surface area contributed by atoms with Crippen LogP contribution in [0.4, 0.5) is 5.69 Å². The molecule has 0 unspecified atom stereocenters. The lowest BCUT2D eigenvalue weighted by molar-refractivity contribution is -0.155. The van der Waals surface area contributed by atoms with E-state index in [0.29, 0.717) is 23.6 Å². The molecular formula is C21H21NO6. The fourth-order valence-corrected chi connectivity index (χ4v) is 2.66. The summed E-state index contributed by atoms with van der Waals surface area (Å²) in [6.45, 7) is 2.49. The summed E-state index contributed by atoms with van der Waals surface area (Å²) >= 11 is 0. The summed E-state index contributed by atoms with van der Waals surface area (Å²) in [5.74, 6) is -0.863. The van der Waals surface area contributed by atoms with E-state index in [9.17, 15) is 9.59 Å². The van der Waals surface area contributed by atoms with Crippen LogP contribution in [0.15, 0.2) is 60.6 Å². The van der Waals surface area contributed by atoms with Crippen molar-refractivity contribution in [2.45, 2.75) is 13.0 Å². The molecular weight excluding hydrogens is 362 g/mol. The highest BCUT2D eigenvalue weighted by molar-refractivity contribution is 5.98. The summed E-state index contributed by atoms with van der Waals surface area (Å²) in [7, 11) is 1.52. The molecule has 0 spiro atoms. The molecule has 0 saturated carbocycles. The molecule has 1 N–H and O–H groups in total. The molecule has 28 heavy (non-hydrogen) atoms. The van der Waals surface area contributed by atoms with Crippen LogP contribution in [0.25, 0.3) is 0 Å². The predicted molar refractivity (Wildman–Crippen MR) is 102 cm³/mol. The minimum Gasteiger partial charge on any atom is -0.495 e. The fraction of sp³-hybridized carbons (Fsp3) is 0.238. The second-order valence-electron chi connectivity index (χ2n) is 6.09. The average molecular weight is 383 g/mol. The highest BCUT2D eigenvalue weighted by Crippen LogP contribution is 2.28. The quantitative estimate of drug-likeness (QED) is 0.772. The molecule has 2 aromatic carbocycles. The van der Waals surface area contributed by atoms with Crippen LogP contribution in [0.1, 0.15) is 17.2 Å². The fourth-order valence-electron chi connectivity index (χ4n) is 2.66. The first-order valence-corrected chi connectivity index (χ1v) is 8.74. The van der Waals surface area contributed by atoms with Gasteiger partial charge in [0.25, 0.3) is 5.91 Å². The number of benzene rings is 2. The molecule has 1 atom stereocenters. The first-order chi connectivity index (χ1) is 13.6. The third-order valence-electron chi connectivity index (χ3n) is 4.03. The van der Waals surface area contributed by atoms with E-state index < -0.39 is 18.0 Å². The Bertz CT molecular complexity index is 878. The van der Waals surface area contributed by atoms with E-state index in [1.165, 1.54) is 13.4 Å². The van der Waals surface area contributed by atoms with E-state index in [4.69, 9.17) is 18.9 Å². The summed E-state index contributed by atoms with van der Waals surface area (Å²) in [6.07, 6.45) is 0.0142. The Morgan fingerprint density at radius 3 is 2.57 bits per heavy atom. The monoisotopic (exact) mass is 383 g/mol. The Balaban J connectivity index is 1.84. The maximum atomic E-state index is 13.0. The van der Waals surface area contributed by atoms with Gasteiger partial charge in [-0.15, -0.1) is 0 Å². The molecule has 1 aliphatic heterocycles. The van der Waals surface area contributed by atoms with Crippen molar-refractivity contribution in [3.8, 4) is 5.75 Å². The molecule has 2 aromatic rings. The van der Waals surface area contributed by atoms with Crippen LogP contribution in [0.3, 0.4) is 0 Å². The van der Waals surface area contributed by atoms with Crippen molar-refractivity contribution < 1.29 is 28.5 Å². The normalized spacial score (nSPS) is 14.0. The van der Waals surface area contributed by atoms with E-state index in [0.717, 1.165) is 5.56 Å². The number of carbonyl (C=O) groups is 2. The zero-order valence-electron chi connectivity index (χ0n) is 15.6. The minimum atomic E-state index is -1.18. The Morgan fingerprint density at radius 1 is 1.11 bits per heavy atom. The highest BCUT2D eigenvalue weighted by atomic mass is 16.6. The Kier molecular flexibility index (Phi) is 6.16. The van der Waals surface area contributed by atoms with Crippen LogP contribution in [0.5, 0.6) is 5.75 Å². The van der Waals surface area contributed by atoms with Gasteiger partial charge >= 0.3 is 5.97 Å². The molecule has 1 aliphatic rings. The molecule has 0 fully saturated rings. The number of esters is 1. The number of methoxy groups -OCH3 is 1. The van der Waals surface area contributed by atoms with Gasteiger partial charge in [0.15, 0.2) is 0 Å². The second-order valence-corrected chi connectivity index (χ2v) is 6.09. The van der Waals surface area contributed by atoms with Crippen LogP contribution in [0.2, 0.25) is 0 Å². The molecule has 3 rings (SSSR count). The highest BCUT2D eigenvalue weighted by Gasteiger charge is 2.29. The van der Waals surface area contributed by atoms with Gasteiger partial charge in [0.2, 0.25) is 11.9 Å². The van der Waals surface area contributed by atoms with Gasteiger partial charge in [-0.1, -0.05) is 36.4 Å². The molecule has 0 saturated heterocycles. The van der Waals surface area contributed by atoms with Crippen molar-refractivity contribution in [1.82, 2.24) is 0 Å². The molecule has 7 heteroatoms. The van der Waals surface area contributed by atoms with Gasteiger partial charge in [0, 0.05) is 5.56 Å². The van der Waals surface area contributed by atoms with E-state index >= 15 is 0 Å². The Hall–Kier alpha value is -3.48. The first-order valence-electron chi connectivity index (χ1n) is 8.74. The maximum Gasteiger partial charge on any atom is 0.378 e. The van der Waals surface area contributed by atoms with Crippen molar-refractivity contribution >= 4 is 17.6 Å². The summed E-state index contributed by atoms with van der Waals surface area (Å²) in [6, 6.07) is 14.1. The standard InChI is InChI=1S/C21H21NO6/c1-14-8-9-17(25-2)16(12-14)22-20(23)19(15-6-4-3-5-7-15)28-21(24)18-13-26-10-11-27-18/h3-9,12-13,19H,10-11H2,1-2H3,(H,22,23)/t19-/m1/s1. The smallest absolute Gasteiger partial charge is 0.378 e. The van der Waals surface area contributed by atoms with Gasteiger partial charge in [-0.3, -0.25) is 4.79 Å². The average Bonchev–Trinajstić information content (AvgIpc) is 2.73. The first kappa shape index (κ1) is 19.3. The van der Waals surface area contributed by atoms with Crippen molar-refractivity contribution in [2.24, 2.45) is 0 Å². The number of ether oxygens (including phenoxy) is 4. The number of rotatable bonds is 6. The number of amides is 1. The maximum absolute atomic E-state index is 13.0. The largest absolute Gasteiger partial charge is 0.495 e. The van der Waals surface area contributed by atoms with Crippen LogP contribution >= 0.6 is 0 Å². The zero-order valence-corrected chi connectivity index (χ0v) is 15.6. The lowest BCUT2D eigenvalue weighted by Crippen LogP contribution is -2.28. The van der Waals surface area contributed by atoms with Crippen molar-refractivity contribution in [1.29, 1.82) is 0 Å². The molecule has 1 heterocycles. The van der Waals surface area contributed by atoms with Crippen LogP contribution in [-0.2, 0) is 23.8 Å². The zero-order chi connectivity index (χ0) is 19.9. The summed E-state index contributed by atoms with van der Waals surface area (Å²) in [5.41, 5.74) is 1.96. The molecule has 0 bridgehead atoms. The number of anilines is 1. The van der Waals surface area contributed by atoms with Crippen molar-refractivity contribution in [3.63, 3.8) is 0 Å². The molecule has 0 aromatic heterocycles. The predicted octanol–water partition coefficient (Wildman–Crippen LogP) is 3.11. The summed E-state index contributed by atoms with van der Waals surface area (Å²) in [4.78, 5) is 25.4. The van der Waals surface area contributed by atoms with E-state index in [-0.39, 0.29) is 12.4 Å². The minimum absolute atomic E-state index is 0.0758. The van der Waals surface area contributed by atoms with E-state index in [1.807, 2.05) is 19.1 Å². The van der Waals surface area contributed by atoms with Crippen LogP contribution < -0.4 is 10.1 Å². The van der Waals surface area contributed by atoms with Gasteiger partial charge in [-0.05, 0) is 24.6 Å². The van der Waals surface area contributed by atoms with E-state index in [1.54, 1.807) is 36.4 Å². The van der Waals surface area contributed by atoms with Gasteiger partial charge in [0.1, 0.15) is 25.2 Å². The molecule has 0 radical (unpaired) electrons. The number of carbonyl (C=O) groups excluding carboxylic acids is 2. The number of hydrogen-bond acceptors (Lipinski definition) is 6. The van der Waals surface area contributed by atoms with Crippen molar-refractivity contribution in [2.75, 3.05) is 25.6 Å². The van der Waals surface area contributed by atoms with Gasteiger partial charge < -0.3 is 24.3 Å². The molecule has 146 valence electrons. The lowest BCUT2D eigenvalue weighted by atomic mass is 10.1. The molecule has 1 amide bonds. The number of hydrogen-bond donors (Lipinski definition) is 1. The lowest BCUT2D eigenvalue weighted by Gasteiger charge is -2.21. The number of nitrogens with one attached hydrogen (secondary N) is 1. The van der Waals surface area contributed by atoms with Gasteiger partial charge in [-0.25, -0.2) is 4.79 Å². The second kappa shape index (κ2) is 8.94. The molecule has 7 nitrogen and oxygen atoms in total. The van der Waals surface area contributed by atoms with Crippen molar-refractivity contribution in [3.05, 3.63) is 71.7 Å². The van der Waals surface area contributed by atoms with Gasteiger partial charge in [-0.2, -0.15) is 0 Å². The molecule has 0 aliphatic carbocycles. The summed E-state index contributed by atoms with van der Waals surface area (Å²) < 4.78 is 21.1. The van der Waals surface area contributed by atoms with E-state index in [2.05, 4.69) is 5.32 Å². The SMILES string of the molecule is COc1ccc(C)cc1NC(=O)[C@H](OC(=O)C1=COCCO1)c1ccccc1. The van der Waals surface area contributed by atoms with Crippen LogP contribution in [0, 0.1) is 6.92 Å². The number of aryl methyl sites for hydroxylation is 1.